The molecule has 0 fully saturated rings. The lowest BCUT2D eigenvalue weighted by molar-refractivity contribution is 0.406. The molecule has 0 aromatic heterocycles. The van der Waals surface area contributed by atoms with E-state index in [2.05, 4.69) is 31.4 Å². The van der Waals surface area contributed by atoms with Gasteiger partial charge in [0.25, 0.3) is 0 Å². The van der Waals surface area contributed by atoms with Crippen LogP contribution < -0.4 is 4.74 Å². The standard InChI is InChI=1S/C13H17NOS/c1-10-4-5-13(15-3)12(8-10)11(2)6-7-16-9-14/h4-5,8,11H,6-7H2,1-3H3. The van der Waals surface area contributed by atoms with E-state index >= 15 is 0 Å². The lowest BCUT2D eigenvalue weighted by Gasteiger charge is -2.15. The number of nitrogens with zero attached hydrogens (tertiary/aromatic N) is 1. The number of thioether (sulfide) groups is 1. The Labute approximate surface area is 102 Å². The van der Waals surface area contributed by atoms with E-state index in [0.717, 1.165) is 17.9 Å². The highest BCUT2D eigenvalue weighted by Crippen LogP contribution is 2.30. The molecular weight excluding hydrogens is 218 g/mol. The van der Waals surface area contributed by atoms with Crippen LogP contribution in [0.5, 0.6) is 5.75 Å². The van der Waals surface area contributed by atoms with Gasteiger partial charge in [-0.05, 0) is 42.7 Å². The fourth-order valence-corrected chi connectivity index (χ4v) is 2.24. The molecule has 0 N–H and O–H groups in total. The molecule has 1 aromatic rings. The van der Waals surface area contributed by atoms with Crippen molar-refractivity contribution in [2.24, 2.45) is 0 Å². The number of benzene rings is 1. The molecule has 1 atom stereocenters. The summed E-state index contributed by atoms with van der Waals surface area (Å²) in [5.41, 5.74) is 2.48. The van der Waals surface area contributed by atoms with E-state index in [1.807, 2.05) is 6.07 Å². The van der Waals surface area contributed by atoms with Crippen LogP contribution in [0.1, 0.15) is 30.4 Å². The van der Waals surface area contributed by atoms with Crippen molar-refractivity contribution in [1.29, 1.82) is 5.26 Å². The van der Waals surface area contributed by atoms with E-state index in [0.29, 0.717) is 5.92 Å². The van der Waals surface area contributed by atoms with Gasteiger partial charge in [-0.3, -0.25) is 0 Å². The smallest absolute Gasteiger partial charge is 0.133 e. The van der Waals surface area contributed by atoms with Crippen molar-refractivity contribution >= 4 is 11.8 Å². The fraction of sp³-hybridized carbons (Fsp3) is 0.462. The molecule has 0 amide bonds. The highest BCUT2D eigenvalue weighted by molar-refractivity contribution is 8.03. The second-order valence-electron chi connectivity index (χ2n) is 3.87. The van der Waals surface area contributed by atoms with Gasteiger partial charge in [-0.25, -0.2) is 0 Å². The number of methoxy groups -OCH3 is 1. The number of hydrogen-bond acceptors (Lipinski definition) is 3. The highest BCUT2D eigenvalue weighted by Gasteiger charge is 2.11. The van der Waals surface area contributed by atoms with E-state index in [9.17, 15) is 0 Å². The van der Waals surface area contributed by atoms with Crippen LogP contribution in [0.2, 0.25) is 0 Å². The molecule has 0 heterocycles. The van der Waals surface area contributed by atoms with Crippen molar-refractivity contribution in [3.05, 3.63) is 29.3 Å². The Morgan fingerprint density at radius 1 is 1.50 bits per heavy atom. The van der Waals surface area contributed by atoms with Gasteiger partial charge in [0, 0.05) is 5.75 Å². The third-order valence-electron chi connectivity index (χ3n) is 2.63. The molecule has 0 radical (unpaired) electrons. The van der Waals surface area contributed by atoms with Crippen LogP contribution in [0.15, 0.2) is 18.2 Å². The first kappa shape index (κ1) is 12.9. The summed E-state index contributed by atoms with van der Waals surface area (Å²) in [7, 11) is 1.70. The van der Waals surface area contributed by atoms with Crippen molar-refractivity contribution in [3.8, 4) is 11.2 Å². The molecule has 1 aromatic carbocycles. The van der Waals surface area contributed by atoms with Gasteiger partial charge in [-0.15, -0.1) is 0 Å². The van der Waals surface area contributed by atoms with Gasteiger partial charge in [0.05, 0.1) is 7.11 Å². The van der Waals surface area contributed by atoms with Gasteiger partial charge in [0.1, 0.15) is 11.2 Å². The van der Waals surface area contributed by atoms with E-state index in [1.54, 1.807) is 7.11 Å². The predicted octanol–water partition coefficient (Wildman–Crippen LogP) is 3.71. The summed E-state index contributed by atoms with van der Waals surface area (Å²) >= 11 is 1.31. The van der Waals surface area contributed by atoms with Crippen molar-refractivity contribution in [3.63, 3.8) is 0 Å². The second-order valence-corrected chi connectivity index (χ2v) is 4.75. The summed E-state index contributed by atoms with van der Waals surface area (Å²) in [5.74, 6) is 2.24. The fourth-order valence-electron chi connectivity index (χ4n) is 1.68. The van der Waals surface area contributed by atoms with E-state index in [-0.39, 0.29) is 0 Å². The molecule has 0 aliphatic carbocycles. The molecule has 0 aliphatic rings. The first-order chi connectivity index (χ1) is 7.69. The van der Waals surface area contributed by atoms with Crippen LogP contribution in [0.25, 0.3) is 0 Å². The zero-order valence-corrected chi connectivity index (χ0v) is 10.8. The Kier molecular flexibility index (Phi) is 5.21. The second kappa shape index (κ2) is 6.44. The number of thiocyanates is 1. The van der Waals surface area contributed by atoms with Gasteiger partial charge < -0.3 is 4.74 Å². The maximum atomic E-state index is 8.48. The molecule has 86 valence electrons. The van der Waals surface area contributed by atoms with Crippen LogP contribution in [0.3, 0.4) is 0 Å². The number of nitriles is 1. The number of ether oxygens (including phenoxy) is 1. The minimum Gasteiger partial charge on any atom is -0.496 e. The Balaban J connectivity index is 2.77. The Morgan fingerprint density at radius 2 is 2.25 bits per heavy atom. The van der Waals surface area contributed by atoms with Gasteiger partial charge in [0.2, 0.25) is 0 Å². The lowest BCUT2D eigenvalue weighted by atomic mass is 9.96. The molecule has 0 spiro atoms. The summed E-state index contributed by atoms with van der Waals surface area (Å²) in [6.45, 7) is 4.26. The first-order valence-electron chi connectivity index (χ1n) is 5.34. The lowest BCUT2D eigenvalue weighted by Crippen LogP contribution is -1.99. The summed E-state index contributed by atoms with van der Waals surface area (Å²) < 4.78 is 5.36. The minimum atomic E-state index is 0.427. The van der Waals surface area contributed by atoms with Crippen molar-refractivity contribution in [1.82, 2.24) is 0 Å². The maximum Gasteiger partial charge on any atom is 0.133 e. The normalized spacial score (nSPS) is 11.9. The minimum absolute atomic E-state index is 0.427. The molecular formula is C13H17NOS. The molecule has 3 heteroatoms. The first-order valence-corrected chi connectivity index (χ1v) is 6.33. The predicted molar refractivity (Wildman–Crippen MR) is 68.8 cm³/mol. The maximum absolute atomic E-state index is 8.48. The highest BCUT2D eigenvalue weighted by atomic mass is 32.2. The summed E-state index contributed by atoms with van der Waals surface area (Å²) in [4.78, 5) is 0. The summed E-state index contributed by atoms with van der Waals surface area (Å²) in [6, 6.07) is 6.23. The van der Waals surface area contributed by atoms with Crippen LogP contribution in [0, 0.1) is 17.6 Å². The third-order valence-corrected chi connectivity index (χ3v) is 3.20. The van der Waals surface area contributed by atoms with E-state index in [4.69, 9.17) is 10.00 Å². The largest absolute Gasteiger partial charge is 0.496 e. The molecule has 0 aliphatic heterocycles. The Hall–Kier alpha value is -1.14. The van der Waals surface area contributed by atoms with Crippen molar-refractivity contribution < 1.29 is 4.74 Å². The molecule has 0 saturated heterocycles. The van der Waals surface area contributed by atoms with Gasteiger partial charge in [0.15, 0.2) is 0 Å². The molecule has 0 bridgehead atoms. The van der Waals surface area contributed by atoms with Crippen LogP contribution in [-0.4, -0.2) is 12.9 Å². The molecule has 1 rings (SSSR count). The molecule has 1 unspecified atom stereocenters. The monoisotopic (exact) mass is 235 g/mol. The Morgan fingerprint density at radius 3 is 2.88 bits per heavy atom. The number of hydrogen-bond donors (Lipinski definition) is 0. The zero-order chi connectivity index (χ0) is 12.0. The van der Waals surface area contributed by atoms with Gasteiger partial charge >= 0.3 is 0 Å². The molecule has 16 heavy (non-hydrogen) atoms. The summed E-state index contributed by atoms with van der Waals surface area (Å²) in [5, 5.41) is 10.6. The van der Waals surface area contributed by atoms with E-state index in [1.165, 1.54) is 22.9 Å². The molecule has 0 saturated carbocycles. The SMILES string of the molecule is COc1ccc(C)cc1C(C)CCSC#N. The van der Waals surface area contributed by atoms with E-state index < -0.39 is 0 Å². The number of aryl methyl sites for hydroxylation is 1. The quantitative estimate of drug-likeness (QED) is 0.576. The third kappa shape index (κ3) is 3.46. The van der Waals surface area contributed by atoms with Crippen LogP contribution >= 0.6 is 11.8 Å². The number of rotatable bonds is 5. The van der Waals surface area contributed by atoms with Crippen LogP contribution in [-0.2, 0) is 0 Å². The topological polar surface area (TPSA) is 33.0 Å². The molecule has 2 nitrogen and oxygen atoms in total. The zero-order valence-electron chi connectivity index (χ0n) is 9.99. The van der Waals surface area contributed by atoms with Gasteiger partial charge in [-0.1, -0.05) is 24.6 Å². The van der Waals surface area contributed by atoms with Crippen LogP contribution in [0.4, 0.5) is 0 Å². The average molecular weight is 235 g/mol. The average Bonchev–Trinajstić information content (AvgIpc) is 2.29. The van der Waals surface area contributed by atoms with Crippen molar-refractivity contribution in [2.45, 2.75) is 26.2 Å². The van der Waals surface area contributed by atoms with Crippen molar-refractivity contribution in [2.75, 3.05) is 12.9 Å². The Bertz CT molecular complexity index is 384. The van der Waals surface area contributed by atoms with Gasteiger partial charge in [-0.2, -0.15) is 5.26 Å². The summed E-state index contributed by atoms with van der Waals surface area (Å²) in [6.07, 6.45) is 0.998.